The van der Waals surface area contributed by atoms with Crippen LogP contribution in [0.1, 0.15) is 85.7 Å². The van der Waals surface area contributed by atoms with Crippen LogP contribution < -0.4 is 5.32 Å². The first-order valence-corrected chi connectivity index (χ1v) is 20.0. The molecule has 3 aromatic heterocycles. The molecule has 2 aromatic carbocycles. The van der Waals surface area contributed by atoms with Gasteiger partial charge in [0.15, 0.2) is 5.69 Å². The molecule has 1 fully saturated rings. The first-order valence-electron chi connectivity index (χ1n) is 18.4. The van der Waals surface area contributed by atoms with Crippen LogP contribution in [0.3, 0.4) is 0 Å². The number of nitrogens with one attached hydrogen (secondary N) is 1. The van der Waals surface area contributed by atoms with Gasteiger partial charge in [-0.3, -0.25) is 19.1 Å². The van der Waals surface area contributed by atoms with Crippen LogP contribution >= 0.6 is 23.4 Å². The van der Waals surface area contributed by atoms with E-state index in [1.165, 1.54) is 25.1 Å². The molecule has 318 valence electrons. The van der Waals surface area contributed by atoms with Crippen LogP contribution in [0.25, 0.3) is 22.0 Å². The van der Waals surface area contributed by atoms with Crippen LogP contribution in [0.2, 0.25) is 5.02 Å². The highest BCUT2D eigenvalue weighted by Crippen LogP contribution is 2.68. The minimum atomic E-state index is -5.08. The Labute approximate surface area is 341 Å². The third kappa shape index (κ3) is 9.37. The zero-order valence-corrected chi connectivity index (χ0v) is 34.1. The summed E-state index contributed by atoms with van der Waals surface area (Å²) in [6, 6.07) is 7.14. The number of halogens is 11. The molecule has 2 aliphatic rings. The lowest BCUT2D eigenvalue weighted by atomic mass is 9.93. The number of amides is 1. The number of pyridine rings is 1. The molecule has 0 radical (unpaired) electrons. The molecule has 0 bridgehead atoms. The second-order valence-electron chi connectivity index (χ2n) is 15.5. The van der Waals surface area contributed by atoms with Gasteiger partial charge >= 0.3 is 12.4 Å². The first kappa shape index (κ1) is 44.2. The van der Waals surface area contributed by atoms with Crippen LogP contribution in [-0.4, -0.2) is 47.6 Å². The molecule has 5 aromatic rings. The monoisotopic (exact) mass is 876 g/mol. The van der Waals surface area contributed by atoms with Gasteiger partial charge in [-0.05, 0) is 68.2 Å². The van der Waals surface area contributed by atoms with Gasteiger partial charge in [-0.2, -0.15) is 57.1 Å². The Kier molecular flexibility index (Phi) is 12.0. The van der Waals surface area contributed by atoms with Crippen LogP contribution in [0.4, 0.5) is 43.9 Å². The van der Waals surface area contributed by atoms with E-state index in [1.807, 2.05) is 11.8 Å². The van der Waals surface area contributed by atoms with Crippen molar-refractivity contribution in [3.05, 3.63) is 98.7 Å². The predicted molar refractivity (Wildman–Crippen MR) is 204 cm³/mol. The fraction of sp³-hybridized carbons (Fsp3) is 0.450. The van der Waals surface area contributed by atoms with E-state index in [4.69, 9.17) is 11.6 Å². The molecule has 3 heterocycles. The van der Waals surface area contributed by atoms with Gasteiger partial charge in [0.1, 0.15) is 30.4 Å². The van der Waals surface area contributed by atoms with Crippen molar-refractivity contribution >= 4 is 40.2 Å². The summed E-state index contributed by atoms with van der Waals surface area (Å²) in [6.45, 7) is 7.24. The zero-order valence-electron chi connectivity index (χ0n) is 32.5. The van der Waals surface area contributed by atoms with Gasteiger partial charge < -0.3 is 5.32 Å². The number of rotatable bonds is 9. The van der Waals surface area contributed by atoms with Gasteiger partial charge in [0.05, 0.1) is 28.0 Å². The molecule has 0 aliphatic heterocycles. The molecule has 0 saturated heterocycles. The molecule has 1 N–H and O–H groups in total. The summed E-state index contributed by atoms with van der Waals surface area (Å²) in [5, 5.41) is 10.3. The summed E-state index contributed by atoms with van der Waals surface area (Å²) in [7, 11) is 0. The van der Waals surface area contributed by atoms with E-state index in [0.717, 1.165) is 16.8 Å². The van der Waals surface area contributed by atoms with E-state index >= 15 is 8.78 Å². The van der Waals surface area contributed by atoms with Gasteiger partial charge in [0, 0.05) is 44.5 Å². The first-order chi connectivity index (χ1) is 27.3. The molecule has 3 atom stereocenters. The number of nitrogens with zero attached hydrogens (tertiary/aromatic N) is 5. The Balaban J connectivity index is 0.000000908. The van der Waals surface area contributed by atoms with Crippen molar-refractivity contribution in [3.8, 4) is 11.1 Å². The van der Waals surface area contributed by atoms with Crippen molar-refractivity contribution in [3.63, 3.8) is 0 Å². The maximum absolute atomic E-state index is 15.3. The topological polar surface area (TPSA) is 77.6 Å². The maximum atomic E-state index is 15.3. The highest BCUT2D eigenvalue weighted by atomic mass is 35.5. The quantitative estimate of drug-likeness (QED) is 0.149. The van der Waals surface area contributed by atoms with Crippen molar-refractivity contribution in [1.29, 1.82) is 0 Å². The zero-order chi connectivity index (χ0) is 43.6. The Morgan fingerprint density at radius 2 is 1.61 bits per heavy atom. The molecule has 7 rings (SSSR count). The van der Waals surface area contributed by atoms with Gasteiger partial charge in [-0.15, -0.1) is 0 Å². The van der Waals surface area contributed by atoms with E-state index < -0.39 is 90.2 Å². The number of benzene rings is 2. The molecular formula is C40H39ClF10N6OS. The molecule has 19 heteroatoms. The average Bonchev–Trinajstić information content (AvgIpc) is 3.65. The highest BCUT2D eigenvalue weighted by Gasteiger charge is 2.68. The Bertz CT molecular complexity index is 2380. The summed E-state index contributed by atoms with van der Waals surface area (Å²) in [6.07, 6.45) is -7.89. The van der Waals surface area contributed by atoms with E-state index in [2.05, 4.69) is 47.5 Å². The molecule has 0 spiro atoms. The van der Waals surface area contributed by atoms with Crippen LogP contribution in [0.15, 0.2) is 42.5 Å². The Morgan fingerprint density at radius 3 is 2.19 bits per heavy atom. The molecule has 1 unspecified atom stereocenters. The van der Waals surface area contributed by atoms with Crippen LogP contribution in [-0.2, 0) is 42.8 Å². The van der Waals surface area contributed by atoms with Gasteiger partial charge in [-0.1, -0.05) is 51.4 Å². The lowest BCUT2D eigenvalue weighted by molar-refractivity contribution is -0.143. The summed E-state index contributed by atoms with van der Waals surface area (Å²) in [4.78, 5) is 18.4. The van der Waals surface area contributed by atoms with Crippen molar-refractivity contribution < 1.29 is 48.7 Å². The number of fused-ring (bicyclic) bond motifs is 4. The average molecular weight is 877 g/mol. The van der Waals surface area contributed by atoms with Crippen molar-refractivity contribution in [2.75, 3.05) is 6.26 Å². The normalized spacial score (nSPS) is 17.6. The van der Waals surface area contributed by atoms with E-state index in [-0.39, 0.29) is 50.4 Å². The summed E-state index contributed by atoms with van der Waals surface area (Å²) in [5.74, 6) is -9.14. The number of hydrogen-bond acceptors (Lipinski definition) is 5. The summed E-state index contributed by atoms with van der Waals surface area (Å²) < 4.78 is 144. The Morgan fingerprint density at radius 1 is 0.983 bits per heavy atom. The number of carbonyl (C=O) groups is 1. The number of alkyl halides is 8. The fourth-order valence-corrected chi connectivity index (χ4v) is 7.61. The van der Waals surface area contributed by atoms with Gasteiger partial charge in [0.2, 0.25) is 5.91 Å². The summed E-state index contributed by atoms with van der Waals surface area (Å²) in [5.41, 5.74) is -2.31. The predicted octanol–water partition coefficient (Wildman–Crippen LogP) is 11.1. The third-order valence-corrected chi connectivity index (χ3v) is 11.7. The second kappa shape index (κ2) is 15.9. The number of thioether (sulfide) groups is 1. The lowest BCUT2D eigenvalue weighted by Gasteiger charge is -2.23. The molecule has 1 amide bonds. The molecule has 59 heavy (non-hydrogen) atoms. The van der Waals surface area contributed by atoms with Crippen molar-refractivity contribution in [2.45, 2.75) is 102 Å². The lowest BCUT2D eigenvalue weighted by Crippen LogP contribution is -2.35. The number of carbonyl (C=O) groups excluding carboxylic acids is 1. The standard InChI is InChI=1S/C35H27ClF10N6O.C5H12S/c1-3-19-4-5-20(21-6-7-24(36)27-15(2)49-52(30(21)27)14-33(39,40)41)29(47-19)25(10-16-8-17(37)11-18(38)9-16)48-26(53)13-51-32-28(31(50-51)35(44,45)46)22-12-23(22)34(32,42)43;1-5(2,3)6-4/h4-9,11,22-23,25H,3,10,12-14H2,1-2H3,(H,48,53);1-4H3/t22-,23+,25?;/m0./s1. The third-order valence-electron chi connectivity index (χ3n) is 10.1. The second-order valence-corrected chi connectivity index (χ2v) is 17.6. The highest BCUT2D eigenvalue weighted by molar-refractivity contribution is 7.99. The minimum absolute atomic E-state index is 0.00310. The van der Waals surface area contributed by atoms with Crippen molar-refractivity contribution in [2.24, 2.45) is 5.92 Å². The van der Waals surface area contributed by atoms with Crippen LogP contribution in [0, 0.1) is 24.5 Å². The molecule has 1 saturated carbocycles. The largest absolute Gasteiger partial charge is 0.435 e. The van der Waals surface area contributed by atoms with E-state index in [1.54, 1.807) is 13.0 Å². The minimum Gasteiger partial charge on any atom is -0.346 e. The van der Waals surface area contributed by atoms with Crippen molar-refractivity contribution in [1.82, 2.24) is 29.9 Å². The van der Waals surface area contributed by atoms with Crippen LogP contribution in [0.5, 0.6) is 0 Å². The maximum Gasteiger partial charge on any atom is 0.435 e. The molecule has 7 nitrogen and oxygen atoms in total. The van der Waals surface area contributed by atoms with E-state index in [9.17, 15) is 39.9 Å². The SMILES string of the molecule is CCc1ccc(-c2ccc(Cl)c3c(C)nn(CC(F)(F)F)c23)c(C(Cc2cc(F)cc(F)c2)NC(=O)Cn2nc(C(F)(F)F)c3c2C(F)(F)[C@@H]2C[C@H]32)n1.CSC(C)(C)C. The fourth-order valence-electron chi connectivity index (χ4n) is 7.32. The number of aromatic nitrogens is 5. The molecular weight excluding hydrogens is 838 g/mol. The smallest absolute Gasteiger partial charge is 0.346 e. The van der Waals surface area contributed by atoms with Gasteiger partial charge in [-0.25, -0.2) is 8.78 Å². The van der Waals surface area contributed by atoms with E-state index in [0.29, 0.717) is 27.6 Å². The number of aryl methyl sites for hydroxylation is 2. The molecule has 2 aliphatic carbocycles. The summed E-state index contributed by atoms with van der Waals surface area (Å²) >= 11 is 8.31. The Hall–Kier alpha value is -4.32. The number of hydrogen-bond donors (Lipinski definition) is 1. The van der Waals surface area contributed by atoms with Gasteiger partial charge in [0.25, 0.3) is 5.92 Å².